The average molecular weight is 432 g/mol. The van der Waals surface area contributed by atoms with E-state index in [9.17, 15) is 19.2 Å². The highest BCUT2D eigenvalue weighted by Crippen LogP contribution is 2.11. The Balaban J connectivity index is 1.98. The molecule has 0 spiro atoms. The molecule has 8 nitrogen and oxygen atoms in total. The van der Waals surface area contributed by atoms with E-state index in [0.717, 1.165) is 31.2 Å². The lowest BCUT2D eigenvalue weighted by Crippen LogP contribution is -2.54. The fourth-order valence-electron chi connectivity index (χ4n) is 3.43. The number of Topliss-reactive ketones (excluding diaryl/α,β-unsaturated/α-hetero) is 1. The van der Waals surface area contributed by atoms with Gasteiger partial charge in [0.05, 0.1) is 6.04 Å². The summed E-state index contributed by atoms with van der Waals surface area (Å²) >= 11 is 0. The summed E-state index contributed by atoms with van der Waals surface area (Å²) in [4.78, 5) is 49.7. The zero-order chi connectivity index (χ0) is 22.6. The summed E-state index contributed by atoms with van der Waals surface area (Å²) in [5.41, 5.74) is 0.834. The lowest BCUT2D eigenvalue weighted by atomic mass is 9.99. The number of ether oxygens (including phenoxy) is 1. The van der Waals surface area contributed by atoms with Crippen molar-refractivity contribution in [3.8, 4) is 0 Å². The fraction of sp³-hybridized carbons (Fsp3) is 0.565. The Bertz CT molecular complexity index is 751. The lowest BCUT2D eigenvalue weighted by Gasteiger charge is -2.24. The zero-order valence-corrected chi connectivity index (χ0v) is 18.3. The number of amides is 3. The number of alkyl carbamates (subject to hydrolysis) is 1. The normalized spacial score (nSPS) is 18.6. The summed E-state index contributed by atoms with van der Waals surface area (Å²) in [6.45, 7) is 4.40. The number of ketones is 1. The molecule has 1 heterocycles. The molecular formula is C23H33N3O5. The van der Waals surface area contributed by atoms with Gasteiger partial charge < -0.3 is 20.7 Å². The maximum atomic E-state index is 12.9. The van der Waals surface area contributed by atoms with Crippen LogP contribution in [0.3, 0.4) is 0 Å². The van der Waals surface area contributed by atoms with Gasteiger partial charge in [-0.05, 0) is 30.7 Å². The molecule has 0 radical (unpaired) electrons. The molecule has 0 bridgehead atoms. The quantitative estimate of drug-likeness (QED) is 0.574. The number of hydrogen-bond acceptors (Lipinski definition) is 5. The number of hydrogen-bond donors (Lipinski definition) is 3. The van der Waals surface area contributed by atoms with E-state index in [1.54, 1.807) is 0 Å². The molecule has 8 heteroatoms. The van der Waals surface area contributed by atoms with Gasteiger partial charge in [-0.2, -0.15) is 0 Å². The van der Waals surface area contributed by atoms with Crippen molar-refractivity contribution in [1.29, 1.82) is 0 Å². The van der Waals surface area contributed by atoms with E-state index < -0.39 is 35.8 Å². The van der Waals surface area contributed by atoms with Gasteiger partial charge in [0.25, 0.3) is 5.91 Å². The van der Waals surface area contributed by atoms with Crippen LogP contribution in [0.4, 0.5) is 4.79 Å². The summed E-state index contributed by atoms with van der Waals surface area (Å²) in [6.07, 6.45) is 3.52. The topological polar surface area (TPSA) is 114 Å². The van der Waals surface area contributed by atoms with Crippen molar-refractivity contribution in [3.05, 3.63) is 35.9 Å². The molecule has 0 aliphatic carbocycles. The summed E-state index contributed by atoms with van der Waals surface area (Å²) in [5, 5.41) is 7.88. The smallest absolute Gasteiger partial charge is 0.408 e. The molecule has 0 aromatic heterocycles. The third-order valence-corrected chi connectivity index (χ3v) is 5.09. The zero-order valence-electron chi connectivity index (χ0n) is 18.3. The molecule has 1 aromatic carbocycles. The van der Waals surface area contributed by atoms with E-state index in [-0.39, 0.29) is 12.5 Å². The maximum Gasteiger partial charge on any atom is 0.408 e. The number of rotatable bonds is 7. The Morgan fingerprint density at radius 2 is 1.81 bits per heavy atom. The minimum Gasteiger partial charge on any atom is -0.445 e. The van der Waals surface area contributed by atoms with Crippen LogP contribution in [0, 0.1) is 5.92 Å². The second kappa shape index (κ2) is 12.7. The lowest BCUT2D eigenvalue weighted by molar-refractivity contribution is -0.140. The Labute approximate surface area is 183 Å². The van der Waals surface area contributed by atoms with Crippen molar-refractivity contribution in [1.82, 2.24) is 16.0 Å². The Morgan fingerprint density at radius 1 is 1.10 bits per heavy atom. The largest absolute Gasteiger partial charge is 0.445 e. The Morgan fingerprint density at radius 3 is 2.52 bits per heavy atom. The van der Waals surface area contributed by atoms with E-state index in [2.05, 4.69) is 16.0 Å². The molecule has 1 saturated heterocycles. The molecule has 1 aromatic rings. The predicted octanol–water partition coefficient (Wildman–Crippen LogP) is 2.46. The molecule has 31 heavy (non-hydrogen) atoms. The molecule has 2 atom stereocenters. The van der Waals surface area contributed by atoms with Gasteiger partial charge >= 0.3 is 6.09 Å². The van der Waals surface area contributed by atoms with Gasteiger partial charge in [-0.1, -0.05) is 63.4 Å². The summed E-state index contributed by atoms with van der Waals surface area (Å²) in [7, 11) is 0. The Kier molecular flexibility index (Phi) is 10.00. The molecule has 0 saturated carbocycles. The van der Waals surface area contributed by atoms with Crippen molar-refractivity contribution in [2.75, 3.05) is 6.54 Å². The SMILES string of the molecule is CC(C)CC(NC(=O)OCc1ccccc1)C(=O)NC1CCCCCCNC(=O)C1=O. The van der Waals surface area contributed by atoms with Gasteiger partial charge in [-0.25, -0.2) is 4.79 Å². The van der Waals surface area contributed by atoms with Crippen LogP contribution in [0.25, 0.3) is 0 Å². The highest BCUT2D eigenvalue weighted by molar-refractivity contribution is 6.38. The fourth-order valence-corrected chi connectivity index (χ4v) is 3.43. The molecule has 2 unspecified atom stereocenters. The van der Waals surface area contributed by atoms with Crippen LogP contribution in [-0.4, -0.2) is 42.3 Å². The summed E-state index contributed by atoms with van der Waals surface area (Å²) in [6, 6.07) is 7.46. The summed E-state index contributed by atoms with van der Waals surface area (Å²) in [5.74, 6) is -1.70. The van der Waals surface area contributed by atoms with Crippen LogP contribution in [0.1, 0.15) is 57.9 Å². The van der Waals surface area contributed by atoms with Crippen LogP contribution in [0.15, 0.2) is 30.3 Å². The van der Waals surface area contributed by atoms with Crippen LogP contribution in [0.5, 0.6) is 0 Å². The third-order valence-electron chi connectivity index (χ3n) is 5.09. The van der Waals surface area contributed by atoms with Crippen molar-refractivity contribution < 1.29 is 23.9 Å². The first-order valence-corrected chi connectivity index (χ1v) is 11.0. The molecule has 1 aliphatic rings. The minimum absolute atomic E-state index is 0.0873. The van der Waals surface area contributed by atoms with Gasteiger partial charge in [0.15, 0.2) is 0 Å². The number of nitrogens with one attached hydrogen (secondary N) is 3. The van der Waals surface area contributed by atoms with Crippen molar-refractivity contribution in [2.24, 2.45) is 5.92 Å². The van der Waals surface area contributed by atoms with Crippen LogP contribution in [0.2, 0.25) is 0 Å². The van der Waals surface area contributed by atoms with Crippen LogP contribution >= 0.6 is 0 Å². The van der Waals surface area contributed by atoms with E-state index in [1.807, 2.05) is 44.2 Å². The molecule has 170 valence electrons. The molecule has 2 rings (SSSR count). The Hall–Kier alpha value is -2.90. The molecule has 1 aliphatic heterocycles. The number of benzene rings is 1. The summed E-state index contributed by atoms with van der Waals surface area (Å²) < 4.78 is 5.22. The first-order chi connectivity index (χ1) is 14.9. The van der Waals surface area contributed by atoms with Crippen LogP contribution in [-0.2, 0) is 25.7 Å². The first kappa shape index (κ1) is 24.4. The molecule has 3 N–H and O–H groups in total. The number of carbonyl (C=O) groups excluding carboxylic acids is 4. The predicted molar refractivity (Wildman–Crippen MR) is 116 cm³/mol. The minimum atomic E-state index is -0.901. The van der Waals surface area contributed by atoms with E-state index in [4.69, 9.17) is 4.74 Å². The second-order valence-corrected chi connectivity index (χ2v) is 8.27. The van der Waals surface area contributed by atoms with Gasteiger partial charge in [0.1, 0.15) is 12.6 Å². The van der Waals surface area contributed by atoms with Crippen molar-refractivity contribution in [2.45, 2.75) is 71.1 Å². The standard InChI is InChI=1S/C23H33N3O5/c1-16(2)14-19(26-23(30)31-15-17-10-6-5-7-11-17)21(28)25-18-12-8-3-4-9-13-24-22(29)20(18)27/h5-7,10-11,16,18-19H,3-4,8-9,12-15H2,1-2H3,(H,24,29)(H,25,28)(H,26,30). The molecule has 1 fully saturated rings. The van der Waals surface area contributed by atoms with Crippen LogP contribution < -0.4 is 16.0 Å². The van der Waals surface area contributed by atoms with E-state index >= 15 is 0 Å². The maximum absolute atomic E-state index is 12.9. The first-order valence-electron chi connectivity index (χ1n) is 11.0. The molecule has 3 amide bonds. The van der Waals surface area contributed by atoms with Gasteiger partial charge in [0, 0.05) is 6.54 Å². The van der Waals surface area contributed by atoms with Gasteiger partial charge in [-0.15, -0.1) is 0 Å². The monoisotopic (exact) mass is 431 g/mol. The van der Waals surface area contributed by atoms with Crippen molar-refractivity contribution in [3.63, 3.8) is 0 Å². The van der Waals surface area contributed by atoms with Gasteiger partial charge in [-0.3, -0.25) is 14.4 Å². The average Bonchev–Trinajstić information content (AvgIpc) is 2.75. The van der Waals surface area contributed by atoms with Gasteiger partial charge in [0.2, 0.25) is 11.7 Å². The van der Waals surface area contributed by atoms with Crippen molar-refractivity contribution >= 4 is 23.7 Å². The highest BCUT2D eigenvalue weighted by Gasteiger charge is 2.30. The third kappa shape index (κ3) is 8.78. The number of carbonyl (C=O) groups is 4. The van der Waals surface area contributed by atoms with E-state index in [1.165, 1.54) is 0 Å². The molecular weight excluding hydrogens is 398 g/mol. The van der Waals surface area contributed by atoms with E-state index in [0.29, 0.717) is 19.4 Å². The second-order valence-electron chi connectivity index (χ2n) is 8.27. The highest BCUT2D eigenvalue weighted by atomic mass is 16.5.